The number of nitrogens with zero attached hydrogens (tertiary/aromatic N) is 3. The number of imidazole rings is 1. The van der Waals surface area contributed by atoms with Gasteiger partial charge < -0.3 is 4.98 Å². The third kappa shape index (κ3) is 3.08. The molecule has 0 aliphatic carbocycles. The van der Waals surface area contributed by atoms with Crippen LogP contribution in [0.25, 0.3) is 21.9 Å². The Balaban J connectivity index is 1.71. The number of carbonyl (C=O) groups is 1. The molecule has 0 radical (unpaired) electrons. The number of nitrogens with one attached hydrogen (secondary N) is 2. The standard InChI is InChI=1S/C20H19N5O2/c1-12(2)17(25-11-21-14-8-4-3-7-13(14)19(25)27)18(26)24-20-22-15-9-5-6-10-16(15)23-20/h3-12,17H,1-2H3,(H2,22,23,24,26). The third-order valence-corrected chi connectivity index (χ3v) is 4.52. The van der Waals surface area contributed by atoms with Gasteiger partial charge in [0.05, 0.1) is 28.3 Å². The molecule has 27 heavy (non-hydrogen) atoms. The highest BCUT2D eigenvalue weighted by molar-refractivity contribution is 5.94. The number of H-pyrrole nitrogens is 1. The minimum atomic E-state index is -0.706. The maximum absolute atomic E-state index is 13.0. The summed E-state index contributed by atoms with van der Waals surface area (Å²) in [6.07, 6.45) is 1.44. The average molecular weight is 361 g/mol. The zero-order valence-corrected chi connectivity index (χ0v) is 15.0. The van der Waals surface area contributed by atoms with Gasteiger partial charge in [0.2, 0.25) is 11.9 Å². The SMILES string of the molecule is CC(C)C(C(=O)Nc1nc2ccccc2[nH]1)n1cnc2ccccc2c1=O. The van der Waals surface area contributed by atoms with Crippen molar-refractivity contribution < 1.29 is 4.79 Å². The van der Waals surface area contributed by atoms with Crippen LogP contribution in [-0.4, -0.2) is 25.4 Å². The van der Waals surface area contributed by atoms with Crippen LogP contribution in [0.4, 0.5) is 5.95 Å². The van der Waals surface area contributed by atoms with E-state index in [1.807, 2.05) is 44.2 Å². The van der Waals surface area contributed by atoms with E-state index in [-0.39, 0.29) is 17.4 Å². The molecule has 1 atom stereocenters. The number of benzene rings is 2. The Bertz CT molecular complexity index is 1160. The van der Waals surface area contributed by atoms with Crippen molar-refractivity contribution in [2.75, 3.05) is 5.32 Å². The second-order valence-electron chi connectivity index (χ2n) is 6.75. The molecule has 1 unspecified atom stereocenters. The van der Waals surface area contributed by atoms with Crippen molar-refractivity contribution in [3.05, 3.63) is 65.2 Å². The predicted octanol–water partition coefficient (Wildman–Crippen LogP) is 3.11. The highest BCUT2D eigenvalue weighted by Crippen LogP contribution is 2.20. The Hall–Kier alpha value is -3.48. The summed E-state index contributed by atoms with van der Waals surface area (Å²) in [5.74, 6) is -0.0769. The molecule has 136 valence electrons. The lowest BCUT2D eigenvalue weighted by Gasteiger charge is -2.22. The summed E-state index contributed by atoms with van der Waals surface area (Å²) in [7, 11) is 0. The molecule has 1 amide bonds. The Morgan fingerprint density at radius 2 is 1.78 bits per heavy atom. The zero-order valence-electron chi connectivity index (χ0n) is 15.0. The summed E-state index contributed by atoms with van der Waals surface area (Å²) in [6.45, 7) is 3.79. The third-order valence-electron chi connectivity index (χ3n) is 4.52. The van der Waals surface area contributed by atoms with Gasteiger partial charge in [-0.25, -0.2) is 9.97 Å². The van der Waals surface area contributed by atoms with Crippen LogP contribution in [0, 0.1) is 5.92 Å². The zero-order chi connectivity index (χ0) is 19.0. The molecule has 0 aliphatic rings. The quantitative estimate of drug-likeness (QED) is 0.584. The van der Waals surface area contributed by atoms with Crippen molar-refractivity contribution in [2.24, 2.45) is 5.92 Å². The van der Waals surface area contributed by atoms with Gasteiger partial charge in [0.1, 0.15) is 6.04 Å². The normalized spacial score (nSPS) is 12.6. The van der Waals surface area contributed by atoms with Gasteiger partial charge in [-0.3, -0.25) is 19.5 Å². The fraction of sp³-hybridized carbons (Fsp3) is 0.200. The van der Waals surface area contributed by atoms with Gasteiger partial charge >= 0.3 is 0 Å². The number of para-hydroxylation sites is 3. The maximum atomic E-state index is 13.0. The molecule has 0 saturated carbocycles. The second kappa shape index (κ2) is 6.68. The van der Waals surface area contributed by atoms with Gasteiger partial charge in [0.25, 0.3) is 5.56 Å². The minimum absolute atomic E-state index is 0.116. The summed E-state index contributed by atoms with van der Waals surface area (Å²) in [5.41, 5.74) is 1.97. The number of fused-ring (bicyclic) bond motifs is 2. The van der Waals surface area contributed by atoms with E-state index in [0.717, 1.165) is 11.0 Å². The molecule has 4 aromatic rings. The summed E-state index contributed by atoms with van der Waals surface area (Å²) in [5, 5.41) is 3.28. The first-order valence-corrected chi connectivity index (χ1v) is 8.76. The highest BCUT2D eigenvalue weighted by Gasteiger charge is 2.26. The van der Waals surface area contributed by atoms with Crippen LogP contribution in [-0.2, 0) is 4.79 Å². The number of rotatable bonds is 4. The molecular formula is C20H19N5O2. The molecular weight excluding hydrogens is 342 g/mol. The monoisotopic (exact) mass is 361 g/mol. The molecule has 0 aliphatic heterocycles. The summed E-state index contributed by atoms with van der Waals surface area (Å²) in [6, 6.07) is 13.9. The molecule has 2 heterocycles. The van der Waals surface area contributed by atoms with E-state index in [1.165, 1.54) is 10.9 Å². The largest absolute Gasteiger partial charge is 0.324 e. The molecule has 7 nitrogen and oxygen atoms in total. The van der Waals surface area contributed by atoms with Crippen LogP contribution >= 0.6 is 0 Å². The minimum Gasteiger partial charge on any atom is -0.324 e. The van der Waals surface area contributed by atoms with Crippen LogP contribution in [0.3, 0.4) is 0 Å². The molecule has 4 rings (SSSR count). The number of amides is 1. The van der Waals surface area contributed by atoms with Crippen LogP contribution in [0.5, 0.6) is 0 Å². The lowest BCUT2D eigenvalue weighted by Crippen LogP contribution is -2.36. The fourth-order valence-electron chi connectivity index (χ4n) is 3.23. The molecule has 2 N–H and O–H groups in total. The number of aromatic amines is 1. The van der Waals surface area contributed by atoms with Crippen LogP contribution in [0.1, 0.15) is 19.9 Å². The molecule has 0 saturated heterocycles. The van der Waals surface area contributed by atoms with Crippen LogP contribution in [0.2, 0.25) is 0 Å². The van der Waals surface area contributed by atoms with E-state index in [0.29, 0.717) is 16.9 Å². The molecule has 0 fully saturated rings. The molecule has 2 aromatic heterocycles. The Morgan fingerprint density at radius 3 is 2.52 bits per heavy atom. The fourth-order valence-corrected chi connectivity index (χ4v) is 3.23. The Morgan fingerprint density at radius 1 is 1.07 bits per heavy atom. The van der Waals surface area contributed by atoms with Crippen LogP contribution < -0.4 is 10.9 Å². The van der Waals surface area contributed by atoms with Gasteiger partial charge in [-0.2, -0.15) is 0 Å². The first kappa shape index (κ1) is 17.0. The number of hydrogen-bond acceptors (Lipinski definition) is 4. The van der Waals surface area contributed by atoms with Crippen molar-refractivity contribution in [2.45, 2.75) is 19.9 Å². The maximum Gasteiger partial charge on any atom is 0.261 e. The van der Waals surface area contributed by atoms with Gasteiger partial charge in [0, 0.05) is 0 Å². The molecule has 7 heteroatoms. The topological polar surface area (TPSA) is 92.7 Å². The summed E-state index contributed by atoms with van der Waals surface area (Å²) >= 11 is 0. The average Bonchev–Trinajstić information content (AvgIpc) is 3.06. The first-order chi connectivity index (χ1) is 13.0. The molecule has 0 spiro atoms. The smallest absolute Gasteiger partial charge is 0.261 e. The Labute approximate surface area is 155 Å². The van der Waals surface area contributed by atoms with Crippen molar-refractivity contribution in [3.63, 3.8) is 0 Å². The lowest BCUT2D eigenvalue weighted by molar-refractivity contribution is -0.120. The summed E-state index contributed by atoms with van der Waals surface area (Å²) in [4.78, 5) is 37.6. The number of aromatic nitrogens is 4. The van der Waals surface area contributed by atoms with Crippen LogP contribution in [0.15, 0.2) is 59.7 Å². The van der Waals surface area contributed by atoms with Crippen molar-refractivity contribution >= 4 is 33.8 Å². The second-order valence-corrected chi connectivity index (χ2v) is 6.75. The van der Waals surface area contributed by atoms with Gasteiger partial charge in [-0.1, -0.05) is 38.1 Å². The van der Waals surface area contributed by atoms with E-state index >= 15 is 0 Å². The van der Waals surface area contributed by atoms with Gasteiger partial charge in [-0.05, 0) is 30.2 Å². The van der Waals surface area contributed by atoms with Crippen molar-refractivity contribution in [1.82, 2.24) is 19.5 Å². The molecule has 0 bridgehead atoms. The van der Waals surface area contributed by atoms with E-state index in [4.69, 9.17) is 0 Å². The van der Waals surface area contributed by atoms with Gasteiger partial charge in [0.15, 0.2) is 0 Å². The summed E-state index contributed by atoms with van der Waals surface area (Å²) < 4.78 is 1.39. The van der Waals surface area contributed by atoms with E-state index in [9.17, 15) is 9.59 Å². The number of hydrogen-bond donors (Lipinski definition) is 2. The predicted molar refractivity (Wildman–Crippen MR) is 105 cm³/mol. The van der Waals surface area contributed by atoms with Gasteiger partial charge in [-0.15, -0.1) is 0 Å². The first-order valence-electron chi connectivity index (χ1n) is 8.76. The van der Waals surface area contributed by atoms with Crippen molar-refractivity contribution in [3.8, 4) is 0 Å². The van der Waals surface area contributed by atoms with E-state index in [1.54, 1.807) is 18.2 Å². The van der Waals surface area contributed by atoms with E-state index < -0.39 is 6.04 Å². The number of anilines is 1. The lowest BCUT2D eigenvalue weighted by atomic mass is 10.0. The number of carbonyl (C=O) groups excluding carboxylic acids is 1. The molecule has 2 aromatic carbocycles. The van der Waals surface area contributed by atoms with Crippen molar-refractivity contribution in [1.29, 1.82) is 0 Å². The Kier molecular flexibility index (Phi) is 4.19. The highest BCUT2D eigenvalue weighted by atomic mass is 16.2. The van der Waals surface area contributed by atoms with E-state index in [2.05, 4.69) is 20.3 Å².